The molecule has 2 heterocycles. The first-order valence-corrected chi connectivity index (χ1v) is 9.53. The molecule has 1 fully saturated rings. The number of nitrogens with one attached hydrogen (secondary N) is 1. The molecular weight excluding hydrogens is 360 g/mol. The highest BCUT2D eigenvalue weighted by Crippen LogP contribution is 2.23. The highest BCUT2D eigenvalue weighted by Gasteiger charge is 2.23. The topological polar surface area (TPSA) is 50.8 Å². The molecule has 7 heteroatoms. The van der Waals surface area contributed by atoms with Crippen molar-refractivity contribution in [1.82, 2.24) is 10.2 Å². The van der Waals surface area contributed by atoms with E-state index in [4.69, 9.17) is 21.1 Å². The van der Waals surface area contributed by atoms with Crippen molar-refractivity contribution in [2.45, 2.75) is 6.04 Å². The van der Waals surface area contributed by atoms with Gasteiger partial charge in [0, 0.05) is 24.7 Å². The van der Waals surface area contributed by atoms with Gasteiger partial charge in [0.25, 0.3) is 5.91 Å². The number of carbonyl (C=O) groups is 1. The number of carbonyl (C=O) groups excluding carboxylic acids is 1. The third-order valence-corrected chi connectivity index (χ3v) is 5.04. The second kappa shape index (κ2) is 9.20. The van der Waals surface area contributed by atoms with Crippen LogP contribution in [0, 0.1) is 0 Å². The molecule has 0 saturated carbocycles. The molecule has 0 bridgehead atoms. The van der Waals surface area contributed by atoms with Crippen LogP contribution in [-0.2, 0) is 9.53 Å². The van der Waals surface area contributed by atoms with Crippen LogP contribution in [0.3, 0.4) is 0 Å². The minimum atomic E-state index is -0.136. The highest BCUT2D eigenvalue weighted by atomic mass is 35.5. The minimum Gasteiger partial charge on any atom is -0.484 e. The summed E-state index contributed by atoms with van der Waals surface area (Å²) in [5, 5.41) is 7.82. The van der Waals surface area contributed by atoms with Crippen LogP contribution in [0.1, 0.15) is 11.6 Å². The van der Waals surface area contributed by atoms with Gasteiger partial charge in [-0.2, -0.15) is 11.3 Å². The van der Waals surface area contributed by atoms with Crippen LogP contribution in [0.2, 0.25) is 5.02 Å². The van der Waals surface area contributed by atoms with E-state index in [9.17, 15) is 4.79 Å². The molecule has 1 aliphatic rings. The third-order valence-electron chi connectivity index (χ3n) is 4.09. The number of morpholine rings is 1. The van der Waals surface area contributed by atoms with Gasteiger partial charge in [-0.15, -0.1) is 0 Å². The predicted molar refractivity (Wildman–Crippen MR) is 99.4 cm³/mol. The van der Waals surface area contributed by atoms with E-state index in [1.54, 1.807) is 35.6 Å². The van der Waals surface area contributed by atoms with E-state index in [1.807, 2.05) is 0 Å². The van der Waals surface area contributed by atoms with E-state index in [1.165, 1.54) is 5.56 Å². The largest absolute Gasteiger partial charge is 0.484 e. The van der Waals surface area contributed by atoms with E-state index < -0.39 is 0 Å². The van der Waals surface area contributed by atoms with Gasteiger partial charge >= 0.3 is 0 Å². The Labute approximate surface area is 156 Å². The summed E-state index contributed by atoms with van der Waals surface area (Å²) in [5.74, 6) is 0.491. The first-order valence-electron chi connectivity index (χ1n) is 8.21. The Morgan fingerprint density at radius 2 is 2.04 bits per heavy atom. The van der Waals surface area contributed by atoms with Crippen molar-refractivity contribution < 1.29 is 14.3 Å². The fraction of sp³-hybridized carbons (Fsp3) is 0.389. The minimum absolute atomic E-state index is 0.0128. The number of benzene rings is 1. The Morgan fingerprint density at radius 3 is 2.72 bits per heavy atom. The van der Waals surface area contributed by atoms with E-state index in [-0.39, 0.29) is 18.6 Å². The number of hydrogen-bond acceptors (Lipinski definition) is 5. The number of rotatable bonds is 7. The summed E-state index contributed by atoms with van der Waals surface area (Å²) in [6.45, 7) is 3.75. The Morgan fingerprint density at radius 1 is 1.28 bits per heavy atom. The number of nitrogens with zero attached hydrogens (tertiary/aromatic N) is 1. The summed E-state index contributed by atoms with van der Waals surface area (Å²) in [7, 11) is 0. The van der Waals surface area contributed by atoms with Crippen LogP contribution < -0.4 is 10.1 Å². The molecule has 0 radical (unpaired) electrons. The monoisotopic (exact) mass is 380 g/mol. The van der Waals surface area contributed by atoms with Gasteiger partial charge in [-0.1, -0.05) is 11.6 Å². The average Bonchev–Trinajstić information content (AvgIpc) is 3.17. The Hall–Kier alpha value is -1.60. The van der Waals surface area contributed by atoms with E-state index in [2.05, 4.69) is 27.0 Å². The molecule has 0 aliphatic carbocycles. The highest BCUT2D eigenvalue weighted by molar-refractivity contribution is 7.07. The molecule has 1 amide bonds. The van der Waals surface area contributed by atoms with Gasteiger partial charge in [-0.3, -0.25) is 9.69 Å². The van der Waals surface area contributed by atoms with Crippen molar-refractivity contribution in [3.05, 3.63) is 51.7 Å². The number of hydrogen-bond donors (Lipinski definition) is 1. The lowest BCUT2D eigenvalue weighted by Crippen LogP contribution is -2.44. The zero-order valence-electron chi connectivity index (χ0n) is 13.8. The van der Waals surface area contributed by atoms with E-state index >= 15 is 0 Å². The van der Waals surface area contributed by atoms with Gasteiger partial charge in [-0.25, -0.2) is 0 Å². The van der Waals surface area contributed by atoms with E-state index in [0.717, 1.165) is 26.3 Å². The molecule has 0 unspecified atom stereocenters. The quantitative estimate of drug-likeness (QED) is 0.802. The molecule has 1 N–H and O–H groups in total. The Kier molecular flexibility index (Phi) is 6.69. The molecule has 1 saturated heterocycles. The summed E-state index contributed by atoms with van der Waals surface area (Å²) in [4.78, 5) is 14.5. The summed E-state index contributed by atoms with van der Waals surface area (Å²) in [6.07, 6.45) is 0. The van der Waals surface area contributed by atoms with Gasteiger partial charge < -0.3 is 14.8 Å². The lowest BCUT2D eigenvalue weighted by Gasteiger charge is -2.34. The van der Waals surface area contributed by atoms with Crippen LogP contribution in [0.4, 0.5) is 0 Å². The maximum Gasteiger partial charge on any atom is 0.258 e. The van der Waals surface area contributed by atoms with Crippen molar-refractivity contribution in [2.75, 3.05) is 39.5 Å². The van der Waals surface area contributed by atoms with Gasteiger partial charge in [0.1, 0.15) is 5.75 Å². The van der Waals surface area contributed by atoms with Crippen molar-refractivity contribution in [3.8, 4) is 5.75 Å². The van der Waals surface area contributed by atoms with Gasteiger partial charge in [0.05, 0.1) is 19.3 Å². The molecule has 1 aromatic carbocycles. The van der Waals surface area contributed by atoms with Gasteiger partial charge in [0.15, 0.2) is 6.61 Å². The van der Waals surface area contributed by atoms with Crippen LogP contribution in [0.25, 0.3) is 0 Å². The molecule has 1 atom stereocenters. The van der Waals surface area contributed by atoms with Crippen molar-refractivity contribution in [2.24, 2.45) is 0 Å². The van der Waals surface area contributed by atoms with Crippen LogP contribution in [0.5, 0.6) is 5.75 Å². The SMILES string of the molecule is O=C(COc1ccc(Cl)cc1)NC[C@H](c1ccsc1)N1CCOCC1. The number of ether oxygens (including phenoxy) is 2. The molecular formula is C18H21ClN2O3S. The van der Waals surface area contributed by atoms with Crippen LogP contribution in [0.15, 0.2) is 41.1 Å². The first kappa shape index (κ1) is 18.2. The number of halogens is 1. The maximum absolute atomic E-state index is 12.1. The first-order chi connectivity index (χ1) is 12.2. The molecule has 1 aliphatic heterocycles. The van der Waals surface area contributed by atoms with Crippen molar-refractivity contribution in [1.29, 1.82) is 0 Å². The average molecular weight is 381 g/mol. The molecule has 134 valence electrons. The van der Waals surface area contributed by atoms with Crippen molar-refractivity contribution in [3.63, 3.8) is 0 Å². The van der Waals surface area contributed by atoms with Crippen molar-refractivity contribution >= 4 is 28.8 Å². The molecule has 2 aromatic rings. The second-order valence-corrected chi connectivity index (χ2v) is 6.98. The summed E-state index contributed by atoms with van der Waals surface area (Å²) in [6, 6.07) is 9.24. The molecule has 5 nitrogen and oxygen atoms in total. The fourth-order valence-electron chi connectivity index (χ4n) is 2.75. The third kappa shape index (κ3) is 5.44. The summed E-state index contributed by atoms with van der Waals surface area (Å²) in [5.41, 5.74) is 1.23. The Balaban J connectivity index is 1.51. The fourth-order valence-corrected chi connectivity index (χ4v) is 3.59. The Bertz CT molecular complexity index is 657. The molecule has 0 spiro atoms. The van der Waals surface area contributed by atoms with Gasteiger partial charge in [-0.05, 0) is 46.7 Å². The predicted octanol–water partition coefficient (Wildman–Crippen LogP) is 2.97. The van der Waals surface area contributed by atoms with Crippen LogP contribution >= 0.6 is 22.9 Å². The smallest absolute Gasteiger partial charge is 0.258 e. The second-order valence-electron chi connectivity index (χ2n) is 5.77. The zero-order chi connectivity index (χ0) is 17.5. The lowest BCUT2D eigenvalue weighted by molar-refractivity contribution is -0.123. The number of thiophene rings is 1. The molecule has 1 aromatic heterocycles. The van der Waals surface area contributed by atoms with Crippen LogP contribution in [-0.4, -0.2) is 50.3 Å². The summed E-state index contributed by atoms with van der Waals surface area (Å²) < 4.78 is 10.9. The maximum atomic E-state index is 12.1. The molecule has 3 rings (SSSR count). The lowest BCUT2D eigenvalue weighted by atomic mass is 10.1. The number of amides is 1. The molecule has 25 heavy (non-hydrogen) atoms. The zero-order valence-corrected chi connectivity index (χ0v) is 15.4. The summed E-state index contributed by atoms with van der Waals surface area (Å²) >= 11 is 7.50. The van der Waals surface area contributed by atoms with E-state index in [0.29, 0.717) is 17.3 Å². The standard InChI is InChI=1S/C18H21ClN2O3S/c19-15-1-3-16(4-2-15)24-12-18(22)20-11-17(14-5-10-25-13-14)21-6-8-23-9-7-21/h1-5,10,13,17H,6-9,11-12H2,(H,20,22)/t17-/m1/s1. The van der Waals surface area contributed by atoms with Gasteiger partial charge in [0.2, 0.25) is 0 Å². The normalized spacial score (nSPS) is 16.4.